The van der Waals surface area contributed by atoms with Gasteiger partial charge in [0.25, 0.3) is 5.91 Å². The van der Waals surface area contributed by atoms with E-state index in [0.29, 0.717) is 11.4 Å². The minimum atomic E-state index is -2.87. The van der Waals surface area contributed by atoms with E-state index in [1.165, 1.54) is 24.3 Å². The topological polar surface area (TPSA) is 47.6 Å². The van der Waals surface area contributed by atoms with Crippen molar-refractivity contribution in [2.24, 2.45) is 0 Å². The van der Waals surface area contributed by atoms with Crippen LogP contribution in [0.4, 0.5) is 14.5 Å². The lowest BCUT2D eigenvalue weighted by Crippen LogP contribution is -2.20. The Kier molecular flexibility index (Phi) is 5.51. The Hall–Kier alpha value is -2.63. The Morgan fingerprint density at radius 1 is 1.04 bits per heavy atom. The summed E-state index contributed by atoms with van der Waals surface area (Å²) in [5.74, 6) is 0.305. The van der Waals surface area contributed by atoms with Crippen LogP contribution in [0.25, 0.3) is 0 Å². The lowest BCUT2D eigenvalue weighted by molar-refractivity contribution is -0.118. The molecule has 0 saturated heterocycles. The predicted octanol–water partition coefficient (Wildman–Crippen LogP) is 3.92. The van der Waals surface area contributed by atoms with Crippen molar-refractivity contribution in [1.82, 2.24) is 0 Å². The van der Waals surface area contributed by atoms with Crippen LogP contribution in [0.1, 0.15) is 11.1 Å². The van der Waals surface area contributed by atoms with Gasteiger partial charge in [-0.25, -0.2) is 0 Å². The summed E-state index contributed by atoms with van der Waals surface area (Å²) in [6, 6.07) is 11.2. The van der Waals surface area contributed by atoms with Crippen LogP contribution in [-0.4, -0.2) is 19.1 Å². The van der Waals surface area contributed by atoms with Gasteiger partial charge in [-0.15, -0.1) is 0 Å². The number of carbonyl (C=O) groups is 1. The van der Waals surface area contributed by atoms with Crippen molar-refractivity contribution in [1.29, 1.82) is 0 Å². The summed E-state index contributed by atoms with van der Waals surface area (Å²) in [7, 11) is 0. The van der Waals surface area contributed by atoms with Crippen molar-refractivity contribution in [2.75, 3.05) is 11.9 Å². The molecule has 0 aliphatic carbocycles. The number of hydrogen-bond donors (Lipinski definition) is 1. The normalized spacial score (nSPS) is 10.5. The first-order valence-corrected chi connectivity index (χ1v) is 6.99. The average molecular weight is 321 g/mol. The first kappa shape index (κ1) is 16.7. The molecule has 0 atom stereocenters. The second kappa shape index (κ2) is 7.58. The van der Waals surface area contributed by atoms with Gasteiger partial charge < -0.3 is 14.8 Å². The maximum absolute atomic E-state index is 12.0. The minimum Gasteiger partial charge on any atom is -0.484 e. The molecule has 0 bridgehead atoms. The van der Waals surface area contributed by atoms with Gasteiger partial charge in [0.1, 0.15) is 11.5 Å². The van der Waals surface area contributed by atoms with Crippen molar-refractivity contribution in [3.05, 3.63) is 53.6 Å². The molecule has 0 aliphatic heterocycles. The molecule has 122 valence electrons. The fraction of sp³-hybridized carbons (Fsp3) is 0.235. The maximum atomic E-state index is 12.0. The lowest BCUT2D eigenvalue weighted by atomic mass is 10.1. The van der Waals surface area contributed by atoms with Crippen molar-refractivity contribution >= 4 is 11.6 Å². The molecular weight excluding hydrogens is 304 g/mol. The number of amides is 1. The Labute approximate surface area is 133 Å². The summed E-state index contributed by atoms with van der Waals surface area (Å²) in [6.45, 7) is 0.942. The van der Waals surface area contributed by atoms with E-state index in [1.807, 2.05) is 26.0 Å². The highest BCUT2D eigenvalue weighted by Gasteiger charge is 2.07. The fourth-order valence-corrected chi connectivity index (χ4v) is 1.87. The molecular formula is C17H17F2NO3. The molecule has 4 nitrogen and oxygen atoms in total. The average Bonchev–Trinajstić information content (AvgIpc) is 2.50. The van der Waals surface area contributed by atoms with E-state index >= 15 is 0 Å². The standard InChI is InChI=1S/C17H17F2NO3/c1-11-3-6-15(9-12(11)2)22-10-16(21)20-13-4-7-14(8-5-13)23-17(18)19/h3-9,17H,10H2,1-2H3,(H,20,21). The van der Waals surface area contributed by atoms with Crippen LogP contribution >= 0.6 is 0 Å². The molecule has 0 spiro atoms. The third-order valence-electron chi connectivity index (χ3n) is 3.21. The fourth-order valence-electron chi connectivity index (χ4n) is 1.87. The van der Waals surface area contributed by atoms with Crippen LogP contribution < -0.4 is 14.8 Å². The SMILES string of the molecule is Cc1ccc(OCC(=O)Nc2ccc(OC(F)F)cc2)cc1C. The van der Waals surface area contributed by atoms with Crippen molar-refractivity contribution in [3.63, 3.8) is 0 Å². The van der Waals surface area contributed by atoms with E-state index in [-0.39, 0.29) is 18.3 Å². The third-order valence-corrected chi connectivity index (χ3v) is 3.21. The smallest absolute Gasteiger partial charge is 0.387 e. The van der Waals surface area contributed by atoms with Crippen molar-refractivity contribution < 1.29 is 23.0 Å². The summed E-state index contributed by atoms with van der Waals surface area (Å²) in [6.07, 6.45) is 0. The van der Waals surface area contributed by atoms with Gasteiger partial charge in [0.15, 0.2) is 6.61 Å². The zero-order valence-electron chi connectivity index (χ0n) is 12.8. The highest BCUT2D eigenvalue weighted by molar-refractivity contribution is 5.91. The van der Waals surface area contributed by atoms with Gasteiger partial charge in [0, 0.05) is 5.69 Å². The first-order valence-electron chi connectivity index (χ1n) is 6.99. The van der Waals surface area contributed by atoms with Gasteiger partial charge >= 0.3 is 6.61 Å². The highest BCUT2D eigenvalue weighted by atomic mass is 19.3. The Bertz CT molecular complexity index is 672. The molecule has 2 aromatic rings. The van der Waals surface area contributed by atoms with E-state index in [1.54, 1.807) is 6.07 Å². The molecule has 1 amide bonds. The number of carbonyl (C=O) groups excluding carboxylic acids is 1. The van der Waals surface area contributed by atoms with E-state index in [9.17, 15) is 13.6 Å². The second-order valence-corrected chi connectivity index (χ2v) is 4.99. The van der Waals surface area contributed by atoms with Gasteiger partial charge in [0.2, 0.25) is 0 Å². The largest absolute Gasteiger partial charge is 0.484 e. The molecule has 0 heterocycles. The van der Waals surface area contributed by atoms with Crippen molar-refractivity contribution in [2.45, 2.75) is 20.5 Å². The van der Waals surface area contributed by atoms with E-state index < -0.39 is 6.61 Å². The van der Waals surface area contributed by atoms with Crippen LogP contribution in [-0.2, 0) is 4.79 Å². The summed E-state index contributed by atoms with van der Waals surface area (Å²) in [5.41, 5.74) is 2.70. The number of rotatable bonds is 6. The maximum Gasteiger partial charge on any atom is 0.387 e. The summed E-state index contributed by atoms with van der Waals surface area (Å²) < 4.78 is 33.7. The number of hydrogen-bond acceptors (Lipinski definition) is 3. The number of halogens is 2. The molecule has 2 aromatic carbocycles. The van der Waals surface area contributed by atoms with Crippen LogP contribution in [0.5, 0.6) is 11.5 Å². The molecule has 0 aliphatic rings. The first-order chi connectivity index (χ1) is 10.9. The Morgan fingerprint density at radius 2 is 1.70 bits per heavy atom. The van der Waals surface area contributed by atoms with E-state index in [4.69, 9.17) is 4.74 Å². The number of nitrogens with one attached hydrogen (secondary N) is 1. The molecule has 0 fully saturated rings. The summed E-state index contributed by atoms with van der Waals surface area (Å²) in [4.78, 5) is 11.8. The van der Waals surface area contributed by atoms with Crippen LogP contribution in [0.2, 0.25) is 0 Å². The van der Waals surface area contributed by atoms with Gasteiger partial charge in [-0.1, -0.05) is 6.07 Å². The van der Waals surface area contributed by atoms with Crippen LogP contribution in [0.15, 0.2) is 42.5 Å². The van der Waals surface area contributed by atoms with Gasteiger partial charge in [-0.05, 0) is 61.4 Å². The quantitative estimate of drug-likeness (QED) is 0.877. The second-order valence-electron chi connectivity index (χ2n) is 4.99. The molecule has 2 rings (SSSR count). The number of anilines is 1. The van der Waals surface area contributed by atoms with Crippen LogP contribution in [0.3, 0.4) is 0 Å². The van der Waals surface area contributed by atoms with Gasteiger partial charge in [-0.2, -0.15) is 8.78 Å². The lowest BCUT2D eigenvalue weighted by Gasteiger charge is -2.10. The zero-order chi connectivity index (χ0) is 16.8. The number of alkyl halides is 2. The Balaban J connectivity index is 1.85. The monoisotopic (exact) mass is 321 g/mol. The molecule has 0 aromatic heterocycles. The highest BCUT2D eigenvalue weighted by Crippen LogP contribution is 2.18. The third kappa shape index (κ3) is 5.25. The number of benzene rings is 2. The van der Waals surface area contributed by atoms with E-state index in [0.717, 1.165) is 11.1 Å². The van der Waals surface area contributed by atoms with E-state index in [2.05, 4.69) is 10.1 Å². The molecule has 23 heavy (non-hydrogen) atoms. The molecule has 1 N–H and O–H groups in total. The van der Waals surface area contributed by atoms with Crippen molar-refractivity contribution in [3.8, 4) is 11.5 Å². The molecule has 0 saturated carbocycles. The Morgan fingerprint density at radius 3 is 2.30 bits per heavy atom. The molecule has 6 heteroatoms. The van der Waals surface area contributed by atoms with Crippen LogP contribution in [0, 0.1) is 13.8 Å². The summed E-state index contributed by atoms with van der Waals surface area (Å²) >= 11 is 0. The van der Waals surface area contributed by atoms with Gasteiger partial charge in [0.05, 0.1) is 0 Å². The minimum absolute atomic E-state index is 0.0318. The molecule has 0 radical (unpaired) electrons. The summed E-state index contributed by atoms with van der Waals surface area (Å²) in [5, 5.41) is 2.61. The molecule has 0 unspecified atom stereocenters. The van der Waals surface area contributed by atoms with Gasteiger partial charge in [-0.3, -0.25) is 4.79 Å². The number of ether oxygens (including phenoxy) is 2. The zero-order valence-corrected chi connectivity index (χ0v) is 12.8. The number of aryl methyl sites for hydroxylation is 2. The predicted molar refractivity (Wildman–Crippen MR) is 83.1 cm³/mol.